The molecular formula is C20H25NO3. The molecule has 2 aromatic carbocycles. The summed E-state index contributed by atoms with van der Waals surface area (Å²) < 4.78 is 11.1. The van der Waals surface area contributed by atoms with Gasteiger partial charge in [0.05, 0.1) is 7.11 Å². The summed E-state index contributed by atoms with van der Waals surface area (Å²) in [4.78, 5) is 12.4. The number of amides is 1. The largest absolute Gasteiger partial charge is 0.497 e. The van der Waals surface area contributed by atoms with Gasteiger partial charge in [0.1, 0.15) is 11.5 Å². The van der Waals surface area contributed by atoms with Crippen LogP contribution >= 0.6 is 0 Å². The Hall–Kier alpha value is -2.49. The number of hydrogen-bond donors (Lipinski definition) is 1. The molecule has 2 rings (SSSR count). The van der Waals surface area contributed by atoms with Crippen LogP contribution in [0.4, 0.5) is 5.69 Å². The van der Waals surface area contributed by atoms with Crippen LogP contribution in [-0.4, -0.2) is 19.1 Å². The standard InChI is InChI=1S/C20H25NO3/c1-13(2)18-10-9-14(3)11-19(18)24-15(4)20(22)21-16-7-6-8-17(12-16)23-5/h6-13,15H,1-5H3,(H,21,22). The Kier molecular flexibility index (Phi) is 5.85. The Balaban J connectivity index is 2.10. The van der Waals surface area contributed by atoms with Crippen LogP contribution in [0.15, 0.2) is 42.5 Å². The van der Waals surface area contributed by atoms with Crippen molar-refractivity contribution in [2.75, 3.05) is 12.4 Å². The highest BCUT2D eigenvalue weighted by molar-refractivity contribution is 5.94. The van der Waals surface area contributed by atoms with E-state index in [4.69, 9.17) is 9.47 Å². The van der Waals surface area contributed by atoms with E-state index in [2.05, 4.69) is 31.3 Å². The minimum absolute atomic E-state index is 0.195. The molecule has 0 aliphatic heterocycles. The molecule has 0 saturated carbocycles. The lowest BCUT2D eigenvalue weighted by molar-refractivity contribution is -0.122. The molecule has 0 heterocycles. The first-order valence-corrected chi connectivity index (χ1v) is 8.13. The third-order valence-electron chi connectivity index (χ3n) is 3.80. The summed E-state index contributed by atoms with van der Waals surface area (Å²) in [5.41, 5.74) is 2.89. The van der Waals surface area contributed by atoms with Gasteiger partial charge in [-0.2, -0.15) is 0 Å². The highest BCUT2D eigenvalue weighted by Crippen LogP contribution is 2.28. The maximum Gasteiger partial charge on any atom is 0.265 e. The molecule has 1 N–H and O–H groups in total. The molecule has 128 valence electrons. The fraction of sp³-hybridized carbons (Fsp3) is 0.350. The monoisotopic (exact) mass is 327 g/mol. The van der Waals surface area contributed by atoms with Gasteiger partial charge in [-0.3, -0.25) is 4.79 Å². The topological polar surface area (TPSA) is 47.6 Å². The first-order valence-electron chi connectivity index (χ1n) is 8.13. The van der Waals surface area contributed by atoms with Crippen LogP contribution < -0.4 is 14.8 Å². The Labute approximate surface area is 143 Å². The molecule has 0 radical (unpaired) electrons. The van der Waals surface area contributed by atoms with Gasteiger partial charge in [-0.1, -0.05) is 32.0 Å². The lowest BCUT2D eigenvalue weighted by Crippen LogP contribution is -2.30. The second-order valence-electron chi connectivity index (χ2n) is 6.18. The van der Waals surface area contributed by atoms with Crippen molar-refractivity contribution in [2.45, 2.75) is 39.7 Å². The molecule has 4 heteroatoms. The summed E-state index contributed by atoms with van der Waals surface area (Å²) in [7, 11) is 1.60. The number of ether oxygens (including phenoxy) is 2. The van der Waals surface area contributed by atoms with Gasteiger partial charge in [-0.05, 0) is 49.1 Å². The number of hydrogen-bond acceptors (Lipinski definition) is 3. The van der Waals surface area contributed by atoms with Crippen molar-refractivity contribution >= 4 is 11.6 Å². The fourth-order valence-electron chi connectivity index (χ4n) is 2.41. The summed E-state index contributed by atoms with van der Waals surface area (Å²) in [5, 5.41) is 2.86. The molecule has 0 bridgehead atoms. The van der Waals surface area contributed by atoms with Crippen LogP contribution in [0.5, 0.6) is 11.5 Å². The van der Waals surface area contributed by atoms with Crippen molar-refractivity contribution in [3.8, 4) is 11.5 Å². The summed E-state index contributed by atoms with van der Waals surface area (Å²) >= 11 is 0. The van der Waals surface area contributed by atoms with Crippen molar-refractivity contribution in [3.63, 3.8) is 0 Å². The quantitative estimate of drug-likeness (QED) is 0.848. The van der Waals surface area contributed by atoms with Crippen LogP contribution in [-0.2, 0) is 4.79 Å². The van der Waals surface area contributed by atoms with E-state index in [-0.39, 0.29) is 5.91 Å². The predicted octanol–water partition coefficient (Wildman–Crippen LogP) is 4.53. The number of methoxy groups -OCH3 is 1. The number of carbonyl (C=O) groups is 1. The first-order chi connectivity index (χ1) is 11.4. The molecular weight excluding hydrogens is 302 g/mol. The second-order valence-corrected chi connectivity index (χ2v) is 6.18. The Morgan fingerprint density at radius 2 is 1.83 bits per heavy atom. The van der Waals surface area contributed by atoms with Crippen molar-refractivity contribution in [1.82, 2.24) is 0 Å². The molecule has 0 fully saturated rings. The minimum atomic E-state index is -0.601. The number of benzene rings is 2. The van der Waals surface area contributed by atoms with E-state index in [1.54, 1.807) is 20.1 Å². The zero-order valence-electron chi connectivity index (χ0n) is 14.9. The highest BCUT2D eigenvalue weighted by Gasteiger charge is 2.18. The number of anilines is 1. The third-order valence-corrected chi connectivity index (χ3v) is 3.80. The van der Waals surface area contributed by atoms with E-state index in [1.807, 2.05) is 31.2 Å². The van der Waals surface area contributed by atoms with Crippen molar-refractivity contribution in [3.05, 3.63) is 53.6 Å². The fourth-order valence-corrected chi connectivity index (χ4v) is 2.41. The SMILES string of the molecule is COc1cccc(NC(=O)C(C)Oc2cc(C)ccc2C(C)C)c1. The summed E-state index contributed by atoms with van der Waals surface area (Å²) in [5.74, 6) is 1.59. The predicted molar refractivity (Wildman–Crippen MR) is 97.0 cm³/mol. The minimum Gasteiger partial charge on any atom is -0.497 e. The molecule has 0 aliphatic rings. The average molecular weight is 327 g/mol. The molecule has 1 amide bonds. The van der Waals surface area contributed by atoms with Crippen LogP contribution in [0, 0.1) is 6.92 Å². The van der Waals surface area contributed by atoms with Gasteiger partial charge >= 0.3 is 0 Å². The second kappa shape index (κ2) is 7.86. The third kappa shape index (κ3) is 4.51. The molecule has 1 unspecified atom stereocenters. The molecule has 0 saturated heterocycles. The van der Waals surface area contributed by atoms with Crippen molar-refractivity contribution < 1.29 is 14.3 Å². The summed E-state index contributed by atoms with van der Waals surface area (Å²) in [6.45, 7) is 7.98. The zero-order chi connectivity index (χ0) is 17.7. The maximum absolute atomic E-state index is 12.4. The van der Waals surface area contributed by atoms with Crippen LogP contribution in [0.1, 0.15) is 37.8 Å². The first kappa shape index (κ1) is 17.9. The van der Waals surface area contributed by atoms with Crippen LogP contribution in [0.2, 0.25) is 0 Å². The molecule has 2 aromatic rings. The summed E-state index contributed by atoms with van der Waals surface area (Å²) in [6.07, 6.45) is -0.601. The van der Waals surface area contributed by atoms with Gasteiger partial charge in [0, 0.05) is 11.8 Å². The molecule has 1 atom stereocenters. The number of rotatable bonds is 6. The summed E-state index contributed by atoms with van der Waals surface area (Å²) in [6, 6.07) is 13.3. The maximum atomic E-state index is 12.4. The molecule has 0 spiro atoms. The lowest BCUT2D eigenvalue weighted by atomic mass is 10.0. The average Bonchev–Trinajstić information content (AvgIpc) is 2.54. The lowest BCUT2D eigenvalue weighted by Gasteiger charge is -2.19. The van der Waals surface area contributed by atoms with E-state index in [9.17, 15) is 4.79 Å². The van der Waals surface area contributed by atoms with Gasteiger partial charge < -0.3 is 14.8 Å². The van der Waals surface area contributed by atoms with Gasteiger partial charge in [-0.15, -0.1) is 0 Å². The molecule has 4 nitrogen and oxygen atoms in total. The van der Waals surface area contributed by atoms with E-state index in [1.165, 1.54) is 0 Å². The number of aryl methyl sites for hydroxylation is 1. The smallest absolute Gasteiger partial charge is 0.265 e. The van der Waals surface area contributed by atoms with Crippen molar-refractivity contribution in [2.24, 2.45) is 0 Å². The molecule has 0 aliphatic carbocycles. The zero-order valence-corrected chi connectivity index (χ0v) is 14.9. The van der Waals surface area contributed by atoms with Crippen LogP contribution in [0.25, 0.3) is 0 Å². The Morgan fingerprint density at radius 1 is 1.08 bits per heavy atom. The Bertz CT molecular complexity index is 710. The van der Waals surface area contributed by atoms with Crippen LogP contribution in [0.3, 0.4) is 0 Å². The van der Waals surface area contributed by atoms with Gasteiger partial charge in [0.25, 0.3) is 5.91 Å². The van der Waals surface area contributed by atoms with Gasteiger partial charge in [0.15, 0.2) is 6.10 Å². The molecule has 0 aromatic heterocycles. The highest BCUT2D eigenvalue weighted by atomic mass is 16.5. The number of nitrogens with one attached hydrogen (secondary N) is 1. The Morgan fingerprint density at radius 3 is 2.50 bits per heavy atom. The molecule has 24 heavy (non-hydrogen) atoms. The normalized spacial score (nSPS) is 11.9. The van der Waals surface area contributed by atoms with E-state index < -0.39 is 6.10 Å². The van der Waals surface area contributed by atoms with E-state index in [0.717, 1.165) is 16.9 Å². The number of carbonyl (C=O) groups excluding carboxylic acids is 1. The van der Waals surface area contributed by atoms with E-state index >= 15 is 0 Å². The van der Waals surface area contributed by atoms with E-state index in [0.29, 0.717) is 17.4 Å². The van der Waals surface area contributed by atoms with Gasteiger partial charge in [-0.25, -0.2) is 0 Å². The van der Waals surface area contributed by atoms with Gasteiger partial charge in [0.2, 0.25) is 0 Å². The van der Waals surface area contributed by atoms with Crippen molar-refractivity contribution in [1.29, 1.82) is 0 Å².